The van der Waals surface area contributed by atoms with E-state index < -0.39 is 0 Å². The number of benzene rings is 1. The van der Waals surface area contributed by atoms with Gasteiger partial charge in [0, 0.05) is 17.1 Å². The van der Waals surface area contributed by atoms with E-state index >= 15 is 0 Å². The maximum atomic E-state index is 11.2. The summed E-state index contributed by atoms with van der Waals surface area (Å²) in [4.78, 5) is 11.2. The molecule has 0 aliphatic carbocycles. The smallest absolute Gasteiger partial charge is 0.230 e. The minimum Gasteiger partial charge on any atom is -0.358 e. The van der Waals surface area contributed by atoms with Crippen LogP contribution in [-0.4, -0.2) is 33.6 Å². The van der Waals surface area contributed by atoms with Crippen LogP contribution in [0.15, 0.2) is 33.9 Å². The van der Waals surface area contributed by atoms with Gasteiger partial charge in [0.2, 0.25) is 11.1 Å². The van der Waals surface area contributed by atoms with Gasteiger partial charge in [-0.2, -0.15) is 0 Å². The molecule has 0 aliphatic rings. The molecule has 0 saturated carbocycles. The number of carbonyl (C=O) groups is 1. The van der Waals surface area contributed by atoms with Crippen LogP contribution in [0.3, 0.4) is 0 Å². The van der Waals surface area contributed by atoms with E-state index in [0.29, 0.717) is 11.0 Å². The summed E-state index contributed by atoms with van der Waals surface area (Å²) in [6, 6.07) is 7.60. The minimum atomic E-state index is -0.0850. The third-order valence-corrected chi connectivity index (χ3v) is 3.85. The van der Waals surface area contributed by atoms with Crippen molar-refractivity contribution in [2.75, 3.05) is 18.6 Å². The van der Waals surface area contributed by atoms with Crippen LogP contribution in [0.25, 0.3) is 11.4 Å². The van der Waals surface area contributed by atoms with Crippen LogP contribution in [0.4, 0.5) is 0 Å². The third kappa shape index (κ3) is 3.27. The molecule has 0 bridgehead atoms. The first-order valence-electron chi connectivity index (χ1n) is 5.41. The van der Waals surface area contributed by atoms with Crippen molar-refractivity contribution in [3.05, 3.63) is 28.7 Å². The van der Waals surface area contributed by atoms with Gasteiger partial charge >= 0.3 is 0 Å². The lowest BCUT2D eigenvalue weighted by atomic mass is 10.2. The number of halogens is 1. The zero-order valence-corrected chi connectivity index (χ0v) is 12.5. The number of nitrogen functional groups attached to an aromatic ring is 1. The van der Waals surface area contributed by atoms with Crippen LogP contribution in [0.2, 0.25) is 0 Å². The van der Waals surface area contributed by atoms with E-state index in [-0.39, 0.29) is 11.7 Å². The molecule has 1 heterocycles. The Balaban J connectivity index is 2.18. The number of nitrogens with zero attached hydrogens (tertiary/aromatic N) is 3. The van der Waals surface area contributed by atoms with E-state index in [4.69, 9.17) is 5.84 Å². The summed E-state index contributed by atoms with van der Waals surface area (Å²) in [6.07, 6.45) is 0. The molecule has 0 atom stereocenters. The topological polar surface area (TPSA) is 85.8 Å². The number of rotatable bonds is 4. The van der Waals surface area contributed by atoms with E-state index in [0.717, 1.165) is 10.0 Å². The predicted octanol–water partition coefficient (Wildman–Crippen LogP) is 1.26. The van der Waals surface area contributed by atoms with Crippen LogP contribution < -0.4 is 11.2 Å². The summed E-state index contributed by atoms with van der Waals surface area (Å²) in [5, 5.41) is 11.1. The van der Waals surface area contributed by atoms with Crippen molar-refractivity contribution in [1.29, 1.82) is 0 Å². The molecular formula is C11H12BrN5OS. The Morgan fingerprint density at radius 1 is 1.42 bits per heavy atom. The lowest BCUT2D eigenvalue weighted by molar-refractivity contribution is -0.118. The summed E-state index contributed by atoms with van der Waals surface area (Å²) < 4.78 is 2.37. The molecule has 2 rings (SSSR count). The van der Waals surface area contributed by atoms with Gasteiger partial charge in [0.25, 0.3) is 0 Å². The molecule has 0 fully saturated rings. The Kier molecular flexibility index (Phi) is 4.43. The van der Waals surface area contributed by atoms with Gasteiger partial charge in [0.1, 0.15) is 0 Å². The highest BCUT2D eigenvalue weighted by Gasteiger charge is 2.13. The number of aromatic nitrogens is 3. The van der Waals surface area contributed by atoms with Gasteiger partial charge in [-0.3, -0.25) is 4.79 Å². The number of carbonyl (C=O) groups excluding carboxylic acids is 1. The van der Waals surface area contributed by atoms with E-state index in [9.17, 15) is 4.79 Å². The van der Waals surface area contributed by atoms with Crippen LogP contribution in [-0.2, 0) is 4.79 Å². The lowest BCUT2D eigenvalue weighted by Crippen LogP contribution is -2.20. The molecule has 0 unspecified atom stereocenters. The van der Waals surface area contributed by atoms with Gasteiger partial charge in [-0.25, -0.2) is 4.68 Å². The second-order valence-corrected chi connectivity index (χ2v) is 5.50. The highest BCUT2D eigenvalue weighted by Crippen LogP contribution is 2.22. The molecule has 0 radical (unpaired) electrons. The van der Waals surface area contributed by atoms with Crippen LogP contribution in [0.1, 0.15) is 0 Å². The zero-order valence-electron chi connectivity index (χ0n) is 10.1. The highest BCUT2D eigenvalue weighted by atomic mass is 79.9. The van der Waals surface area contributed by atoms with E-state index in [1.165, 1.54) is 16.4 Å². The molecule has 1 aromatic carbocycles. The number of thioether (sulfide) groups is 1. The molecule has 1 aromatic heterocycles. The first-order valence-corrected chi connectivity index (χ1v) is 7.19. The van der Waals surface area contributed by atoms with Gasteiger partial charge in [0.15, 0.2) is 5.82 Å². The molecule has 1 amide bonds. The third-order valence-electron chi connectivity index (χ3n) is 2.38. The summed E-state index contributed by atoms with van der Waals surface area (Å²) in [6.45, 7) is 0. The fourth-order valence-electron chi connectivity index (χ4n) is 1.37. The highest BCUT2D eigenvalue weighted by molar-refractivity contribution is 9.10. The van der Waals surface area contributed by atoms with E-state index in [1.807, 2.05) is 24.3 Å². The molecule has 8 heteroatoms. The van der Waals surface area contributed by atoms with Crippen LogP contribution in [0, 0.1) is 0 Å². The Labute approximate surface area is 122 Å². The molecule has 6 nitrogen and oxygen atoms in total. The van der Waals surface area contributed by atoms with Crippen molar-refractivity contribution in [3.63, 3.8) is 0 Å². The maximum absolute atomic E-state index is 11.2. The molecule has 0 saturated heterocycles. The van der Waals surface area contributed by atoms with Crippen molar-refractivity contribution in [2.24, 2.45) is 0 Å². The second-order valence-electron chi connectivity index (χ2n) is 3.64. The first kappa shape index (κ1) is 13.9. The summed E-state index contributed by atoms with van der Waals surface area (Å²) in [5.41, 5.74) is 0.866. The Hall–Kier alpha value is -1.54. The van der Waals surface area contributed by atoms with Crippen molar-refractivity contribution in [3.8, 4) is 11.4 Å². The average molecular weight is 342 g/mol. The van der Waals surface area contributed by atoms with Gasteiger partial charge in [-0.1, -0.05) is 39.8 Å². The summed E-state index contributed by atoms with van der Waals surface area (Å²) >= 11 is 4.61. The average Bonchev–Trinajstić information content (AvgIpc) is 2.78. The monoisotopic (exact) mass is 341 g/mol. The Bertz CT molecular complexity index is 583. The zero-order chi connectivity index (χ0) is 13.8. The summed E-state index contributed by atoms with van der Waals surface area (Å²) in [7, 11) is 1.59. The molecule has 3 N–H and O–H groups in total. The van der Waals surface area contributed by atoms with Gasteiger partial charge < -0.3 is 11.2 Å². The van der Waals surface area contributed by atoms with Crippen LogP contribution >= 0.6 is 27.7 Å². The number of hydrogen-bond donors (Lipinski definition) is 2. The van der Waals surface area contributed by atoms with Gasteiger partial charge in [-0.05, 0) is 12.1 Å². The first-order chi connectivity index (χ1) is 9.11. The number of nitrogens with two attached hydrogens (primary N) is 1. The SMILES string of the molecule is CNC(=O)CSc1nnc(-c2ccc(Br)cc2)n1N. The quantitative estimate of drug-likeness (QED) is 0.645. The Morgan fingerprint density at radius 2 is 2.11 bits per heavy atom. The van der Waals surface area contributed by atoms with Gasteiger partial charge in [-0.15, -0.1) is 10.2 Å². The van der Waals surface area contributed by atoms with E-state index in [2.05, 4.69) is 31.4 Å². The van der Waals surface area contributed by atoms with Crippen molar-refractivity contribution in [2.45, 2.75) is 5.16 Å². The normalized spacial score (nSPS) is 10.4. The maximum Gasteiger partial charge on any atom is 0.230 e. The van der Waals surface area contributed by atoms with Crippen molar-refractivity contribution < 1.29 is 4.79 Å². The molecule has 2 aromatic rings. The largest absolute Gasteiger partial charge is 0.358 e. The molecule has 0 aliphatic heterocycles. The molecular weight excluding hydrogens is 330 g/mol. The van der Waals surface area contributed by atoms with Crippen molar-refractivity contribution >= 4 is 33.6 Å². The number of nitrogens with one attached hydrogen (secondary N) is 1. The van der Waals surface area contributed by atoms with Gasteiger partial charge in [0.05, 0.1) is 5.75 Å². The molecule has 0 spiro atoms. The fraction of sp³-hybridized carbons (Fsp3) is 0.182. The fourth-order valence-corrected chi connectivity index (χ4v) is 2.37. The standard InChI is InChI=1S/C11H12BrN5OS/c1-14-9(18)6-19-11-16-15-10(17(11)13)7-2-4-8(12)5-3-7/h2-5H,6,13H2,1H3,(H,14,18). The molecule has 100 valence electrons. The Morgan fingerprint density at radius 3 is 2.74 bits per heavy atom. The van der Waals surface area contributed by atoms with E-state index in [1.54, 1.807) is 7.05 Å². The molecule has 19 heavy (non-hydrogen) atoms. The van der Waals surface area contributed by atoms with Crippen molar-refractivity contribution in [1.82, 2.24) is 20.2 Å². The summed E-state index contributed by atoms with van der Waals surface area (Å²) in [5.74, 6) is 6.66. The lowest BCUT2D eigenvalue weighted by Gasteiger charge is -2.03. The second kappa shape index (κ2) is 6.07. The predicted molar refractivity (Wildman–Crippen MR) is 78.1 cm³/mol. The van der Waals surface area contributed by atoms with Crippen LogP contribution in [0.5, 0.6) is 0 Å². The number of hydrogen-bond acceptors (Lipinski definition) is 5. The minimum absolute atomic E-state index is 0.0850. The number of amides is 1.